The number of quaternary nitrogens is 1. The quantitative estimate of drug-likeness (QED) is 0.830. The summed E-state index contributed by atoms with van der Waals surface area (Å²) < 4.78 is 5.47. The SMILES string of the molecule is CCOc1ccc(C[NH2+]c2ccc(N3CCCC3)cc2)cc1. The van der Waals surface area contributed by atoms with Gasteiger partial charge in [0.2, 0.25) is 0 Å². The van der Waals surface area contributed by atoms with Gasteiger partial charge >= 0.3 is 0 Å². The smallest absolute Gasteiger partial charge is 0.129 e. The van der Waals surface area contributed by atoms with Crippen LogP contribution in [0.4, 0.5) is 11.4 Å². The third kappa shape index (κ3) is 3.80. The average Bonchev–Trinajstić information content (AvgIpc) is 3.09. The number of anilines is 1. The summed E-state index contributed by atoms with van der Waals surface area (Å²) in [6.45, 7) is 6.09. The third-order valence-electron chi connectivity index (χ3n) is 4.17. The van der Waals surface area contributed by atoms with E-state index in [4.69, 9.17) is 4.74 Å². The molecule has 3 heteroatoms. The lowest BCUT2D eigenvalue weighted by atomic mass is 10.2. The number of nitrogens with two attached hydrogens (primary N) is 1. The van der Waals surface area contributed by atoms with Gasteiger partial charge in [-0.05, 0) is 56.2 Å². The van der Waals surface area contributed by atoms with Crippen LogP contribution in [0.15, 0.2) is 48.5 Å². The molecule has 116 valence electrons. The highest BCUT2D eigenvalue weighted by molar-refractivity contribution is 5.51. The zero-order valence-corrected chi connectivity index (χ0v) is 13.3. The van der Waals surface area contributed by atoms with Crippen molar-refractivity contribution in [2.75, 3.05) is 24.6 Å². The Kier molecular flexibility index (Phi) is 4.96. The van der Waals surface area contributed by atoms with Crippen LogP contribution in [-0.4, -0.2) is 19.7 Å². The van der Waals surface area contributed by atoms with Crippen LogP contribution < -0.4 is 15.0 Å². The maximum absolute atomic E-state index is 5.47. The Bertz CT molecular complexity index is 571. The van der Waals surface area contributed by atoms with Gasteiger partial charge in [0.15, 0.2) is 0 Å². The topological polar surface area (TPSA) is 29.1 Å². The number of nitrogens with zero attached hydrogens (tertiary/aromatic N) is 1. The molecule has 0 atom stereocenters. The van der Waals surface area contributed by atoms with E-state index < -0.39 is 0 Å². The van der Waals surface area contributed by atoms with E-state index in [2.05, 4.69) is 46.6 Å². The van der Waals surface area contributed by atoms with E-state index in [-0.39, 0.29) is 0 Å². The summed E-state index contributed by atoms with van der Waals surface area (Å²) in [5.41, 5.74) is 3.96. The summed E-state index contributed by atoms with van der Waals surface area (Å²) in [5.74, 6) is 0.946. The monoisotopic (exact) mass is 297 g/mol. The van der Waals surface area contributed by atoms with Gasteiger partial charge in [-0.25, -0.2) is 0 Å². The maximum atomic E-state index is 5.47. The van der Waals surface area contributed by atoms with Crippen LogP contribution in [0.25, 0.3) is 0 Å². The highest BCUT2D eigenvalue weighted by Gasteiger charge is 2.12. The van der Waals surface area contributed by atoms with Crippen LogP contribution in [0.3, 0.4) is 0 Å². The molecule has 1 aliphatic rings. The van der Waals surface area contributed by atoms with Gasteiger partial charge in [0, 0.05) is 36.5 Å². The molecular weight excluding hydrogens is 272 g/mol. The molecule has 0 saturated carbocycles. The summed E-state index contributed by atoms with van der Waals surface area (Å²) in [5, 5.41) is 2.28. The van der Waals surface area contributed by atoms with Crippen LogP contribution in [0.5, 0.6) is 5.75 Å². The number of benzene rings is 2. The molecule has 0 amide bonds. The molecule has 0 aromatic heterocycles. The molecular formula is C19H25N2O+. The van der Waals surface area contributed by atoms with E-state index >= 15 is 0 Å². The maximum Gasteiger partial charge on any atom is 0.129 e. The molecule has 0 unspecified atom stereocenters. The first-order valence-corrected chi connectivity index (χ1v) is 8.25. The van der Waals surface area contributed by atoms with Crippen LogP contribution >= 0.6 is 0 Å². The van der Waals surface area contributed by atoms with Crippen LogP contribution in [-0.2, 0) is 6.54 Å². The summed E-state index contributed by atoms with van der Waals surface area (Å²) in [6, 6.07) is 17.3. The third-order valence-corrected chi connectivity index (χ3v) is 4.17. The van der Waals surface area contributed by atoms with E-state index in [9.17, 15) is 0 Å². The standard InChI is InChI=1S/C19H24N2O/c1-2-22-19-11-5-16(6-12-19)15-20-17-7-9-18(10-8-17)21-13-3-4-14-21/h5-12,20H,2-4,13-15H2,1H3/p+1. The Labute approximate surface area is 132 Å². The number of hydrogen-bond donors (Lipinski definition) is 1. The molecule has 2 N–H and O–H groups in total. The second kappa shape index (κ2) is 7.32. The van der Waals surface area contributed by atoms with Crippen LogP contribution in [0.2, 0.25) is 0 Å². The Hall–Kier alpha value is -2.00. The second-order valence-corrected chi connectivity index (χ2v) is 5.77. The van der Waals surface area contributed by atoms with Gasteiger partial charge in [0.05, 0.1) is 6.61 Å². The van der Waals surface area contributed by atoms with E-state index in [1.165, 1.54) is 42.9 Å². The highest BCUT2D eigenvalue weighted by atomic mass is 16.5. The van der Waals surface area contributed by atoms with Gasteiger partial charge in [-0.1, -0.05) is 0 Å². The lowest BCUT2D eigenvalue weighted by Crippen LogP contribution is -2.76. The molecule has 0 bridgehead atoms. The molecule has 3 rings (SSSR count). The first-order valence-electron chi connectivity index (χ1n) is 8.25. The summed E-state index contributed by atoms with van der Waals surface area (Å²) in [6.07, 6.45) is 2.65. The zero-order chi connectivity index (χ0) is 15.2. The molecule has 1 saturated heterocycles. The number of hydrogen-bond acceptors (Lipinski definition) is 2. The van der Waals surface area contributed by atoms with E-state index in [0.717, 1.165) is 18.9 Å². The zero-order valence-electron chi connectivity index (χ0n) is 13.3. The van der Waals surface area contributed by atoms with Gasteiger partial charge in [-0.15, -0.1) is 0 Å². The minimum Gasteiger partial charge on any atom is -0.494 e. The summed E-state index contributed by atoms with van der Waals surface area (Å²) in [7, 11) is 0. The Morgan fingerprint density at radius 2 is 1.64 bits per heavy atom. The van der Waals surface area contributed by atoms with Crippen LogP contribution in [0.1, 0.15) is 25.3 Å². The van der Waals surface area contributed by atoms with Crippen molar-refractivity contribution in [1.82, 2.24) is 0 Å². The van der Waals surface area contributed by atoms with Gasteiger partial charge in [-0.2, -0.15) is 0 Å². The van der Waals surface area contributed by atoms with Crippen molar-refractivity contribution >= 4 is 11.4 Å². The predicted molar refractivity (Wildman–Crippen MR) is 90.8 cm³/mol. The second-order valence-electron chi connectivity index (χ2n) is 5.77. The lowest BCUT2D eigenvalue weighted by Gasteiger charge is -2.17. The lowest BCUT2D eigenvalue weighted by molar-refractivity contribution is -0.588. The molecule has 0 radical (unpaired) electrons. The molecule has 1 aliphatic heterocycles. The molecule has 1 heterocycles. The van der Waals surface area contributed by atoms with Crippen molar-refractivity contribution in [2.45, 2.75) is 26.3 Å². The first-order chi connectivity index (χ1) is 10.8. The highest BCUT2D eigenvalue weighted by Crippen LogP contribution is 2.20. The van der Waals surface area contributed by atoms with Crippen molar-refractivity contribution in [3.8, 4) is 5.75 Å². The Balaban J connectivity index is 1.54. The minimum atomic E-state index is 0.717. The summed E-state index contributed by atoms with van der Waals surface area (Å²) in [4.78, 5) is 2.47. The molecule has 3 nitrogen and oxygen atoms in total. The van der Waals surface area contributed by atoms with Gasteiger partial charge in [0.25, 0.3) is 0 Å². The average molecular weight is 297 g/mol. The largest absolute Gasteiger partial charge is 0.494 e. The molecule has 0 aliphatic carbocycles. The van der Waals surface area contributed by atoms with Crippen molar-refractivity contribution in [2.24, 2.45) is 0 Å². The van der Waals surface area contributed by atoms with Gasteiger partial charge < -0.3 is 15.0 Å². The molecule has 0 spiro atoms. The van der Waals surface area contributed by atoms with E-state index in [1.54, 1.807) is 0 Å². The molecule has 2 aromatic rings. The van der Waals surface area contributed by atoms with Crippen LogP contribution in [0, 0.1) is 0 Å². The van der Waals surface area contributed by atoms with Gasteiger partial charge in [0.1, 0.15) is 18.0 Å². The van der Waals surface area contributed by atoms with E-state index in [0.29, 0.717) is 0 Å². The fraction of sp³-hybridized carbons (Fsp3) is 0.368. The summed E-state index contributed by atoms with van der Waals surface area (Å²) >= 11 is 0. The fourth-order valence-corrected chi connectivity index (χ4v) is 2.92. The predicted octanol–water partition coefficient (Wildman–Crippen LogP) is 3.08. The number of rotatable bonds is 6. The van der Waals surface area contributed by atoms with Crippen molar-refractivity contribution < 1.29 is 10.1 Å². The Morgan fingerprint density at radius 3 is 2.27 bits per heavy atom. The molecule has 22 heavy (non-hydrogen) atoms. The number of ether oxygens (including phenoxy) is 1. The normalized spacial score (nSPS) is 14.3. The fourth-order valence-electron chi connectivity index (χ4n) is 2.92. The van der Waals surface area contributed by atoms with Gasteiger partial charge in [-0.3, -0.25) is 0 Å². The van der Waals surface area contributed by atoms with Crippen molar-refractivity contribution in [3.05, 3.63) is 54.1 Å². The van der Waals surface area contributed by atoms with E-state index in [1.807, 2.05) is 19.1 Å². The first kappa shape index (κ1) is 14.9. The van der Waals surface area contributed by atoms with Crippen molar-refractivity contribution in [1.29, 1.82) is 0 Å². The minimum absolute atomic E-state index is 0.717. The van der Waals surface area contributed by atoms with Crippen molar-refractivity contribution in [3.63, 3.8) is 0 Å². The molecule has 2 aromatic carbocycles. The Morgan fingerprint density at radius 1 is 0.955 bits per heavy atom. The molecule has 1 fully saturated rings.